The number of benzene rings is 1. The standard InChI is InChI=1S/C22H34N4O2.2ClH/c1-18(20-8-5-9-23-16-20)14-22(28)26-12-10-25(11-13-26)17-21(27)24-15-19-6-3-2-4-7-19;;/h2-4,6-7,18,20,23H,5,8-17H2,1H3,(H,24,27);2*1H. The third-order valence-corrected chi connectivity index (χ3v) is 6.06. The fourth-order valence-electron chi connectivity index (χ4n) is 4.15. The first-order chi connectivity index (χ1) is 13.6. The number of piperazine rings is 1. The van der Waals surface area contributed by atoms with Gasteiger partial charge < -0.3 is 15.5 Å². The fourth-order valence-corrected chi connectivity index (χ4v) is 4.15. The zero-order chi connectivity index (χ0) is 19.8. The van der Waals surface area contributed by atoms with Crippen LogP contribution in [0.1, 0.15) is 31.7 Å². The Balaban J connectivity index is 0.00000225. The normalized spacial score (nSPS) is 20.4. The summed E-state index contributed by atoms with van der Waals surface area (Å²) in [5, 5.41) is 6.42. The van der Waals surface area contributed by atoms with Crippen LogP contribution in [0, 0.1) is 11.8 Å². The maximum absolute atomic E-state index is 12.6. The molecule has 2 fully saturated rings. The molecule has 3 rings (SSSR count). The summed E-state index contributed by atoms with van der Waals surface area (Å²) in [5.74, 6) is 1.36. The highest BCUT2D eigenvalue weighted by Gasteiger charge is 2.26. The molecule has 8 heteroatoms. The predicted octanol–water partition coefficient (Wildman–Crippen LogP) is 2.32. The monoisotopic (exact) mass is 458 g/mol. The number of carbonyl (C=O) groups is 2. The lowest BCUT2D eigenvalue weighted by Crippen LogP contribution is -2.51. The van der Waals surface area contributed by atoms with Crippen molar-refractivity contribution in [1.29, 1.82) is 0 Å². The third-order valence-electron chi connectivity index (χ3n) is 6.06. The Morgan fingerprint density at radius 1 is 1.13 bits per heavy atom. The van der Waals surface area contributed by atoms with Gasteiger partial charge in [-0.25, -0.2) is 0 Å². The van der Waals surface area contributed by atoms with Crippen LogP contribution in [0.25, 0.3) is 0 Å². The van der Waals surface area contributed by atoms with Crippen LogP contribution >= 0.6 is 24.8 Å². The van der Waals surface area contributed by atoms with E-state index in [1.807, 2.05) is 35.2 Å². The zero-order valence-corrected chi connectivity index (χ0v) is 19.5. The maximum Gasteiger partial charge on any atom is 0.234 e. The van der Waals surface area contributed by atoms with Gasteiger partial charge in [0.25, 0.3) is 0 Å². The molecule has 2 heterocycles. The molecule has 2 aliphatic rings. The first-order valence-corrected chi connectivity index (χ1v) is 10.6. The average molecular weight is 459 g/mol. The van der Waals surface area contributed by atoms with Crippen molar-refractivity contribution in [2.75, 3.05) is 45.8 Å². The van der Waals surface area contributed by atoms with Gasteiger partial charge in [0.05, 0.1) is 6.54 Å². The third kappa shape index (κ3) is 8.42. The SMILES string of the molecule is CC(CC(=O)N1CCN(CC(=O)NCc2ccccc2)CC1)C1CCCNC1.Cl.Cl. The number of piperidine rings is 1. The number of amides is 2. The van der Waals surface area contributed by atoms with Crippen molar-refractivity contribution < 1.29 is 9.59 Å². The first-order valence-electron chi connectivity index (χ1n) is 10.6. The van der Waals surface area contributed by atoms with Crippen molar-refractivity contribution in [3.63, 3.8) is 0 Å². The van der Waals surface area contributed by atoms with Crippen LogP contribution in [0.15, 0.2) is 30.3 Å². The summed E-state index contributed by atoms with van der Waals surface area (Å²) in [5.41, 5.74) is 1.11. The lowest BCUT2D eigenvalue weighted by atomic mass is 9.85. The fraction of sp³-hybridized carbons (Fsp3) is 0.636. The summed E-state index contributed by atoms with van der Waals surface area (Å²) in [6.45, 7) is 8.31. The number of rotatable bonds is 7. The van der Waals surface area contributed by atoms with Crippen LogP contribution in [-0.4, -0.2) is 67.4 Å². The molecule has 170 valence electrons. The van der Waals surface area contributed by atoms with Crippen LogP contribution in [-0.2, 0) is 16.1 Å². The molecule has 6 nitrogen and oxygen atoms in total. The number of nitrogens with one attached hydrogen (secondary N) is 2. The Bertz CT molecular complexity index is 633. The summed E-state index contributed by atoms with van der Waals surface area (Å²) in [6.07, 6.45) is 3.09. The van der Waals surface area contributed by atoms with E-state index in [2.05, 4.69) is 22.5 Å². The average Bonchev–Trinajstić information content (AvgIpc) is 2.74. The summed E-state index contributed by atoms with van der Waals surface area (Å²) < 4.78 is 0. The number of halogens is 2. The van der Waals surface area contributed by atoms with Gasteiger partial charge in [0.15, 0.2) is 0 Å². The summed E-state index contributed by atoms with van der Waals surface area (Å²) in [4.78, 5) is 28.9. The minimum Gasteiger partial charge on any atom is -0.351 e. The van der Waals surface area contributed by atoms with E-state index in [1.165, 1.54) is 12.8 Å². The quantitative estimate of drug-likeness (QED) is 0.657. The Hall–Kier alpha value is -1.34. The van der Waals surface area contributed by atoms with Crippen molar-refractivity contribution in [3.05, 3.63) is 35.9 Å². The second kappa shape index (κ2) is 13.9. The molecule has 0 aliphatic carbocycles. The van der Waals surface area contributed by atoms with Gasteiger partial charge in [-0.3, -0.25) is 14.5 Å². The molecule has 2 unspecified atom stereocenters. The minimum atomic E-state index is 0. The van der Waals surface area contributed by atoms with Gasteiger partial charge in [0.1, 0.15) is 0 Å². The lowest BCUT2D eigenvalue weighted by Gasteiger charge is -2.36. The van der Waals surface area contributed by atoms with Crippen LogP contribution in [0.5, 0.6) is 0 Å². The lowest BCUT2D eigenvalue weighted by molar-refractivity contribution is -0.134. The molecule has 0 radical (unpaired) electrons. The molecule has 2 N–H and O–H groups in total. The molecule has 0 bridgehead atoms. The predicted molar refractivity (Wildman–Crippen MR) is 125 cm³/mol. The van der Waals surface area contributed by atoms with E-state index in [-0.39, 0.29) is 36.6 Å². The van der Waals surface area contributed by atoms with Crippen LogP contribution in [0.3, 0.4) is 0 Å². The van der Waals surface area contributed by atoms with E-state index in [9.17, 15) is 9.59 Å². The van der Waals surface area contributed by atoms with Gasteiger partial charge in [-0.1, -0.05) is 37.3 Å². The van der Waals surface area contributed by atoms with E-state index in [0.29, 0.717) is 31.3 Å². The second-order valence-electron chi connectivity index (χ2n) is 8.21. The van der Waals surface area contributed by atoms with Crippen LogP contribution in [0.2, 0.25) is 0 Å². The van der Waals surface area contributed by atoms with Gasteiger partial charge in [0.2, 0.25) is 11.8 Å². The van der Waals surface area contributed by atoms with E-state index in [1.54, 1.807) is 0 Å². The Morgan fingerprint density at radius 2 is 1.83 bits per heavy atom. The molecule has 1 aromatic carbocycles. The van der Waals surface area contributed by atoms with Crippen molar-refractivity contribution in [3.8, 4) is 0 Å². The Labute approximate surface area is 193 Å². The summed E-state index contributed by atoms with van der Waals surface area (Å²) in [6, 6.07) is 9.94. The highest BCUT2D eigenvalue weighted by molar-refractivity contribution is 5.85. The van der Waals surface area contributed by atoms with Crippen molar-refractivity contribution in [1.82, 2.24) is 20.4 Å². The van der Waals surface area contributed by atoms with Gasteiger partial charge in [-0.05, 0) is 43.3 Å². The molecule has 2 amide bonds. The largest absolute Gasteiger partial charge is 0.351 e. The van der Waals surface area contributed by atoms with Crippen LogP contribution < -0.4 is 10.6 Å². The summed E-state index contributed by atoms with van der Waals surface area (Å²) in [7, 11) is 0. The molecule has 2 atom stereocenters. The molecular weight excluding hydrogens is 423 g/mol. The van der Waals surface area contributed by atoms with E-state index in [0.717, 1.165) is 44.8 Å². The molecule has 2 aliphatic heterocycles. The summed E-state index contributed by atoms with van der Waals surface area (Å²) >= 11 is 0. The molecule has 0 spiro atoms. The highest BCUT2D eigenvalue weighted by Crippen LogP contribution is 2.23. The van der Waals surface area contributed by atoms with Gasteiger partial charge in [-0.2, -0.15) is 0 Å². The Morgan fingerprint density at radius 3 is 2.47 bits per heavy atom. The molecule has 30 heavy (non-hydrogen) atoms. The van der Waals surface area contributed by atoms with Crippen molar-refractivity contribution in [2.45, 2.75) is 32.7 Å². The molecule has 0 aromatic heterocycles. The van der Waals surface area contributed by atoms with E-state index in [4.69, 9.17) is 0 Å². The topological polar surface area (TPSA) is 64.7 Å². The van der Waals surface area contributed by atoms with Crippen molar-refractivity contribution >= 4 is 36.6 Å². The molecule has 1 aromatic rings. The van der Waals surface area contributed by atoms with E-state index >= 15 is 0 Å². The highest BCUT2D eigenvalue weighted by atomic mass is 35.5. The maximum atomic E-state index is 12.6. The second-order valence-corrected chi connectivity index (χ2v) is 8.21. The minimum absolute atomic E-state index is 0. The first kappa shape index (κ1) is 26.7. The zero-order valence-electron chi connectivity index (χ0n) is 17.8. The van der Waals surface area contributed by atoms with Gasteiger partial charge in [-0.15, -0.1) is 24.8 Å². The van der Waals surface area contributed by atoms with Crippen LogP contribution in [0.4, 0.5) is 0 Å². The number of hydrogen-bond acceptors (Lipinski definition) is 4. The smallest absolute Gasteiger partial charge is 0.234 e. The van der Waals surface area contributed by atoms with Crippen molar-refractivity contribution in [2.24, 2.45) is 11.8 Å². The number of carbonyl (C=O) groups excluding carboxylic acids is 2. The van der Waals surface area contributed by atoms with Gasteiger partial charge in [0, 0.05) is 39.1 Å². The molecule has 0 saturated carbocycles. The van der Waals surface area contributed by atoms with E-state index < -0.39 is 0 Å². The van der Waals surface area contributed by atoms with Gasteiger partial charge >= 0.3 is 0 Å². The molecule has 2 saturated heterocycles. The molecular formula is C22H36Cl2N4O2. The number of hydrogen-bond donors (Lipinski definition) is 2. The Kier molecular flexibility index (Phi) is 12.3. The number of nitrogens with zero attached hydrogens (tertiary/aromatic N) is 2.